The normalized spacial score (nSPS) is 12.6. The van der Waals surface area contributed by atoms with Crippen molar-refractivity contribution >= 4 is 11.6 Å². The Kier molecular flexibility index (Phi) is 3.51. The average Bonchev–Trinajstić information content (AvgIpc) is 2.77. The number of halogens is 1. The van der Waals surface area contributed by atoms with Crippen molar-refractivity contribution in [2.24, 2.45) is 0 Å². The van der Waals surface area contributed by atoms with Crippen LogP contribution < -0.4 is 0 Å². The van der Waals surface area contributed by atoms with E-state index in [4.69, 9.17) is 11.6 Å². The van der Waals surface area contributed by atoms with Crippen molar-refractivity contribution in [3.05, 3.63) is 41.7 Å². The summed E-state index contributed by atoms with van der Waals surface area (Å²) in [5.41, 5.74) is 1.28. The molecule has 4 nitrogen and oxygen atoms in total. The molecule has 0 fully saturated rings. The van der Waals surface area contributed by atoms with E-state index in [0.717, 1.165) is 6.54 Å². The van der Waals surface area contributed by atoms with E-state index in [1.807, 2.05) is 18.2 Å². The maximum atomic E-state index is 5.74. The summed E-state index contributed by atoms with van der Waals surface area (Å²) in [7, 11) is 0. The molecule has 1 unspecified atom stereocenters. The molecule has 0 radical (unpaired) electrons. The Hall–Kier alpha value is -1.42. The molecule has 1 aromatic heterocycles. The van der Waals surface area contributed by atoms with E-state index < -0.39 is 0 Å². The van der Waals surface area contributed by atoms with E-state index in [-0.39, 0.29) is 0 Å². The zero-order valence-corrected chi connectivity index (χ0v) is 9.80. The molecule has 2 aromatic rings. The minimum atomic E-state index is 0.342. The Labute approximate surface area is 99.2 Å². The van der Waals surface area contributed by atoms with Crippen LogP contribution in [0.5, 0.6) is 0 Å². The van der Waals surface area contributed by atoms with Crippen LogP contribution in [-0.2, 0) is 12.4 Å². The smallest absolute Gasteiger partial charge is 0.166 e. The number of hydrogen-bond donors (Lipinski definition) is 0. The highest BCUT2D eigenvalue weighted by molar-refractivity contribution is 6.16. The fraction of sp³-hybridized carbons (Fsp3) is 0.364. The third kappa shape index (κ3) is 2.39. The minimum absolute atomic E-state index is 0.342. The molecule has 0 saturated heterocycles. The maximum Gasteiger partial charge on any atom is 0.166 e. The molecule has 0 N–H and O–H groups in total. The minimum Gasteiger partial charge on any atom is -0.228 e. The number of aromatic nitrogens is 4. The molecule has 2 rings (SSSR count). The molecule has 0 aliphatic heterocycles. The lowest BCUT2D eigenvalue weighted by atomic mass is 10.0. The number of benzene rings is 1. The van der Waals surface area contributed by atoms with Crippen LogP contribution in [0.3, 0.4) is 0 Å². The molecule has 0 amide bonds. The number of nitrogens with zero attached hydrogens (tertiary/aromatic N) is 4. The van der Waals surface area contributed by atoms with E-state index >= 15 is 0 Å². The Morgan fingerprint density at radius 1 is 1.31 bits per heavy atom. The van der Waals surface area contributed by atoms with Gasteiger partial charge in [0.15, 0.2) is 5.82 Å². The Bertz CT molecular complexity index is 440. The maximum absolute atomic E-state index is 5.74. The molecule has 0 bridgehead atoms. The Morgan fingerprint density at radius 3 is 2.75 bits per heavy atom. The molecule has 1 atom stereocenters. The summed E-state index contributed by atoms with van der Waals surface area (Å²) in [5.74, 6) is 1.42. The van der Waals surface area contributed by atoms with Gasteiger partial charge < -0.3 is 0 Å². The summed E-state index contributed by atoms with van der Waals surface area (Å²) in [6, 6.07) is 10.3. The molecule has 0 aliphatic rings. The van der Waals surface area contributed by atoms with Crippen molar-refractivity contribution in [3.8, 4) is 0 Å². The molecule has 84 valence electrons. The van der Waals surface area contributed by atoms with Gasteiger partial charge in [-0.2, -0.15) is 0 Å². The van der Waals surface area contributed by atoms with Crippen LogP contribution in [0.15, 0.2) is 30.3 Å². The van der Waals surface area contributed by atoms with Crippen molar-refractivity contribution < 1.29 is 0 Å². The van der Waals surface area contributed by atoms with Crippen LogP contribution >= 0.6 is 11.6 Å². The number of hydrogen-bond acceptors (Lipinski definition) is 3. The quantitative estimate of drug-likeness (QED) is 0.765. The van der Waals surface area contributed by atoms with E-state index in [1.165, 1.54) is 5.56 Å². The van der Waals surface area contributed by atoms with Gasteiger partial charge >= 0.3 is 0 Å². The fourth-order valence-corrected chi connectivity index (χ4v) is 1.80. The van der Waals surface area contributed by atoms with Crippen molar-refractivity contribution in [3.63, 3.8) is 0 Å². The van der Waals surface area contributed by atoms with Gasteiger partial charge in [0.1, 0.15) is 0 Å². The molecular weight excluding hydrogens is 224 g/mol. The van der Waals surface area contributed by atoms with Crippen LogP contribution in [-0.4, -0.2) is 20.2 Å². The lowest BCUT2D eigenvalue weighted by molar-refractivity contribution is 0.515. The topological polar surface area (TPSA) is 43.6 Å². The summed E-state index contributed by atoms with van der Waals surface area (Å²) >= 11 is 5.74. The largest absolute Gasteiger partial charge is 0.228 e. The predicted octanol–water partition coefficient (Wildman–Crippen LogP) is 2.22. The first-order chi connectivity index (χ1) is 7.81. The van der Waals surface area contributed by atoms with Gasteiger partial charge in [0.05, 0.1) is 12.4 Å². The van der Waals surface area contributed by atoms with Crippen molar-refractivity contribution in [1.29, 1.82) is 0 Å². The van der Waals surface area contributed by atoms with Gasteiger partial charge in [0.2, 0.25) is 0 Å². The van der Waals surface area contributed by atoms with Crippen molar-refractivity contribution in [2.75, 3.05) is 0 Å². The molecular formula is C11H13ClN4. The third-order valence-electron chi connectivity index (χ3n) is 2.54. The second-order valence-electron chi connectivity index (χ2n) is 3.72. The molecule has 0 aliphatic carbocycles. The molecule has 5 heteroatoms. The highest BCUT2D eigenvalue weighted by Crippen LogP contribution is 2.16. The van der Waals surface area contributed by atoms with Gasteiger partial charge in [-0.1, -0.05) is 37.3 Å². The summed E-state index contributed by atoms with van der Waals surface area (Å²) in [5, 5.41) is 11.4. The van der Waals surface area contributed by atoms with Crippen LogP contribution in [0, 0.1) is 0 Å². The van der Waals surface area contributed by atoms with E-state index in [0.29, 0.717) is 17.6 Å². The van der Waals surface area contributed by atoms with E-state index in [2.05, 4.69) is 34.6 Å². The van der Waals surface area contributed by atoms with Gasteiger partial charge in [-0.15, -0.1) is 16.7 Å². The van der Waals surface area contributed by atoms with Gasteiger partial charge in [0, 0.05) is 5.92 Å². The molecule has 16 heavy (non-hydrogen) atoms. The first kappa shape index (κ1) is 11.1. The van der Waals surface area contributed by atoms with E-state index in [9.17, 15) is 0 Å². The summed E-state index contributed by atoms with van der Waals surface area (Å²) in [6.07, 6.45) is 0. The van der Waals surface area contributed by atoms with Gasteiger partial charge in [-0.25, -0.2) is 4.68 Å². The van der Waals surface area contributed by atoms with Gasteiger partial charge in [-0.05, 0) is 16.0 Å². The lowest BCUT2D eigenvalue weighted by Crippen LogP contribution is -2.10. The Morgan fingerprint density at radius 2 is 2.06 bits per heavy atom. The van der Waals surface area contributed by atoms with Crippen LogP contribution in [0.1, 0.15) is 24.2 Å². The highest BCUT2D eigenvalue weighted by Gasteiger charge is 2.10. The van der Waals surface area contributed by atoms with Gasteiger partial charge in [0.25, 0.3) is 0 Å². The van der Waals surface area contributed by atoms with E-state index in [1.54, 1.807) is 4.68 Å². The Balaban J connectivity index is 2.11. The number of rotatable bonds is 4. The number of alkyl halides is 1. The van der Waals surface area contributed by atoms with Crippen molar-refractivity contribution in [1.82, 2.24) is 20.2 Å². The standard InChI is InChI=1S/C11H13ClN4/c1-9(10-5-3-2-4-6-10)8-16-11(7-12)13-14-15-16/h2-6,9H,7-8H2,1H3. The van der Waals surface area contributed by atoms with Crippen LogP contribution in [0.4, 0.5) is 0 Å². The lowest BCUT2D eigenvalue weighted by Gasteiger charge is -2.11. The summed E-state index contributed by atoms with van der Waals surface area (Å²) < 4.78 is 1.75. The SMILES string of the molecule is CC(Cn1nnnc1CCl)c1ccccc1. The first-order valence-electron chi connectivity index (χ1n) is 5.17. The van der Waals surface area contributed by atoms with Crippen molar-refractivity contribution in [2.45, 2.75) is 25.3 Å². The van der Waals surface area contributed by atoms with Crippen LogP contribution in [0.25, 0.3) is 0 Å². The fourth-order valence-electron chi connectivity index (χ4n) is 1.61. The monoisotopic (exact) mass is 236 g/mol. The van der Waals surface area contributed by atoms with Gasteiger partial charge in [-0.3, -0.25) is 0 Å². The predicted molar refractivity (Wildman–Crippen MR) is 62.2 cm³/mol. The molecule has 1 aromatic carbocycles. The average molecular weight is 237 g/mol. The zero-order chi connectivity index (χ0) is 11.4. The first-order valence-corrected chi connectivity index (χ1v) is 5.70. The highest BCUT2D eigenvalue weighted by atomic mass is 35.5. The second-order valence-corrected chi connectivity index (χ2v) is 3.99. The van der Waals surface area contributed by atoms with Crippen LogP contribution in [0.2, 0.25) is 0 Å². The zero-order valence-electron chi connectivity index (χ0n) is 9.05. The molecule has 0 spiro atoms. The second kappa shape index (κ2) is 5.07. The molecule has 1 heterocycles. The third-order valence-corrected chi connectivity index (χ3v) is 2.78. The number of tetrazole rings is 1. The summed E-state index contributed by atoms with van der Waals surface area (Å²) in [4.78, 5) is 0. The molecule has 0 saturated carbocycles. The summed E-state index contributed by atoms with van der Waals surface area (Å²) in [6.45, 7) is 2.90.